The predicted molar refractivity (Wildman–Crippen MR) is 98.4 cm³/mol. The van der Waals surface area contributed by atoms with Crippen molar-refractivity contribution >= 4 is 11.8 Å². The first-order valence-corrected chi connectivity index (χ1v) is 9.88. The number of nitrogens with zero attached hydrogens (tertiary/aromatic N) is 4. The van der Waals surface area contributed by atoms with Crippen molar-refractivity contribution < 1.29 is 9.59 Å². The third-order valence-corrected chi connectivity index (χ3v) is 5.31. The fraction of sp³-hybridized carbons (Fsp3) is 0.789. The zero-order chi connectivity index (χ0) is 18.7. The molecule has 2 amide bonds. The molecule has 3 rings (SSSR count). The van der Waals surface area contributed by atoms with Crippen molar-refractivity contribution in [1.29, 1.82) is 0 Å². The predicted octanol–water partition coefficient (Wildman–Crippen LogP) is 1.94. The van der Waals surface area contributed by atoms with Crippen LogP contribution in [-0.2, 0) is 16.1 Å². The SMILES string of the molecule is CC(=O)N[C@@H](CC(C)C)C(=O)N1CCC(Cn2cc(C3CC3)nn2)CC1. The average molecular weight is 361 g/mol. The zero-order valence-electron chi connectivity index (χ0n) is 16.1. The number of rotatable bonds is 7. The van der Waals surface area contributed by atoms with Crippen LogP contribution in [0.5, 0.6) is 0 Å². The van der Waals surface area contributed by atoms with Crippen LogP contribution < -0.4 is 5.32 Å². The van der Waals surface area contributed by atoms with Crippen molar-refractivity contribution in [2.24, 2.45) is 11.8 Å². The normalized spacial score (nSPS) is 19.6. The Bertz CT molecular complexity index is 630. The second-order valence-electron chi connectivity index (χ2n) is 8.29. The lowest BCUT2D eigenvalue weighted by Gasteiger charge is -2.34. The van der Waals surface area contributed by atoms with Crippen molar-refractivity contribution in [3.8, 4) is 0 Å². The number of amides is 2. The van der Waals surface area contributed by atoms with Gasteiger partial charge in [-0.15, -0.1) is 5.10 Å². The Morgan fingerprint density at radius 1 is 1.23 bits per heavy atom. The van der Waals surface area contributed by atoms with E-state index in [1.54, 1.807) is 0 Å². The van der Waals surface area contributed by atoms with Crippen LogP contribution in [0, 0.1) is 11.8 Å². The van der Waals surface area contributed by atoms with Gasteiger partial charge in [-0.3, -0.25) is 14.3 Å². The van der Waals surface area contributed by atoms with Gasteiger partial charge in [-0.05, 0) is 43.9 Å². The zero-order valence-corrected chi connectivity index (χ0v) is 16.1. The van der Waals surface area contributed by atoms with Crippen LogP contribution in [0.1, 0.15) is 64.5 Å². The second-order valence-corrected chi connectivity index (χ2v) is 8.29. The van der Waals surface area contributed by atoms with Gasteiger partial charge >= 0.3 is 0 Å². The Balaban J connectivity index is 1.49. The topological polar surface area (TPSA) is 80.1 Å². The Kier molecular flexibility index (Phi) is 5.94. The number of piperidine rings is 1. The molecule has 7 heteroatoms. The van der Waals surface area contributed by atoms with Gasteiger partial charge in [0.1, 0.15) is 6.04 Å². The summed E-state index contributed by atoms with van der Waals surface area (Å²) >= 11 is 0. The summed E-state index contributed by atoms with van der Waals surface area (Å²) in [5, 5.41) is 11.4. The van der Waals surface area contributed by atoms with E-state index in [4.69, 9.17) is 0 Å². The summed E-state index contributed by atoms with van der Waals surface area (Å²) in [5.74, 6) is 1.44. The van der Waals surface area contributed by atoms with E-state index in [-0.39, 0.29) is 11.8 Å². The fourth-order valence-corrected chi connectivity index (χ4v) is 3.73. The van der Waals surface area contributed by atoms with E-state index in [1.807, 2.05) is 9.58 Å². The maximum absolute atomic E-state index is 12.8. The molecule has 1 aromatic heterocycles. The monoisotopic (exact) mass is 361 g/mol. The summed E-state index contributed by atoms with van der Waals surface area (Å²) in [7, 11) is 0. The third kappa shape index (κ3) is 5.05. The molecule has 0 spiro atoms. The van der Waals surface area contributed by atoms with Crippen LogP contribution >= 0.6 is 0 Å². The number of carbonyl (C=O) groups is 2. The number of hydrogen-bond donors (Lipinski definition) is 1. The number of nitrogens with one attached hydrogen (secondary N) is 1. The molecule has 0 aromatic carbocycles. The second kappa shape index (κ2) is 8.18. The Morgan fingerprint density at radius 3 is 2.50 bits per heavy atom. The van der Waals surface area contributed by atoms with Crippen molar-refractivity contribution in [2.45, 2.75) is 71.4 Å². The molecule has 1 atom stereocenters. The van der Waals surface area contributed by atoms with E-state index >= 15 is 0 Å². The molecule has 0 radical (unpaired) electrons. The van der Waals surface area contributed by atoms with Gasteiger partial charge in [0.2, 0.25) is 11.8 Å². The van der Waals surface area contributed by atoms with Crippen LogP contribution in [0.15, 0.2) is 6.20 Å². The maximum Gasteiger partial charge on any atom is 0.245 e. The highest BCUT2D eigenvalue weighted by molar-refractivity contribution is 5.86. The highest BCUT2D eigenvalue weighted by Crippen LogP contribution is 2.38. The molecule has 0 unspecified atom stereocenters. The average Bonchev–Trinajstić information content (AvgIpc) is 3.33. The lowest BCUT2D eigenvalue weighted by atomic mass is 9.95. The third-order valence-electron chi connectivity index (χ3n) is 5.31. The first kappa shape index (κ1) is 18.9. The largest absolute Gasteiger partial charge is 0.345 e. The molecule has 7 nitrogen and oxygen atoms in total. The van der Waals surface area contributed by atoms with E-state index in [2.05, 4.69) is 35.7 Å². The standard InChI is InChI=1S/C19H31N5O2/c1-13(2)10-17(20-14(3)25)19(26)23-8-6-15(7-9-23)11-24-12-18(21-22-24)16-4-5-16/h12-13,15-17H,4-11H2,1-3H3,(H,20,25)/t17-/m0/s1. The van der Waals surface area contributed by atoms with Crippen LogP contribution in [0.4, 0.5) is 0 Å². The molecule has 26 heavy (non-hydrogen) atoms. The lowest BCUT2D eigenvalue weighted by molar-refractivity contribution is -0.137. The van der Waals surface area contributed by atoms with Crippen molar-refractivity contribution in [2.75, 3.05) is 13.1 Å². The highest BCUT2D eigenvalue weighted by Gasteiger charge is 2.30. The van der Waals surface area contributed by atoms with E-state index in [0.717, 1.165) is 38.2 Å². The first-order chi connectivity index (χ1) is 12.4. The van der Waals surface area contributed by atoms with Gasteiger partial charge in [-0.1, -0.05) is 19.1 Å². The highest BCUT2D eigenvalue weighted by atomic mass is 16.2. The Hall–Kier alpha value is -1.92. The molecule has 1 aromatic rings. The van der Waals surface area contributed by atoms with Gasteiger partial charge < -0.3 is 10.2 Å². The maximum atomic E-state index is 12.8. The molecule has 2 aliphatic rings. The summed E-state index contributed by atoms with van der Waals surface area (Å²) in [5.41, 5.74) is 1.13. The Morgan fingerprint density at radius 2 is 1.92 bits per heavy atom. The van der Waals surface area contributed by atoms with Crippen molar-refractivity contribution in [1.82, 2.24) is 25.2 Å². The fourth-order valence-electron chi connectivity index (χ4n) is 3.73. The van der Waals surface area contributed by atoms with Gasteiger partial charge in [0, 0.05) is 38.7 Å². The molecular weight excluding hydrogens is 330 g/mol. The number of likely N-dealkylation sites (tertiary alicyclic amines) is 1. The number of carbonyl (C=O) groups excluding carboxylic acids is 2. The molecule has 2 heterocycles. The van der Waals surface area contributed by atoms with E-state index < -0.39 is 6.04 Å². The van der Waals surface area contributed by atoms with Gasteiger partial charge in [0.05, 0.1) is 5.69 Å². The van der Waals surface area contributed by atoms with Crippen LogP contribution in [0.3, 0.4) is 0 Å². The molecule has 0 bridgehead atoms. The first-order valence-electron chi connectivity index (χ1n) is 9.88. The summed E-state index contributed by atoms with van der Waals surface area (Å²) in [6, 6.07) is -0.402. The summed E-state index contributed by atoms with van der Waals surface area (Å²) < 4.78 is 1.97. The molecular formula is C19H31N5O2. The molecule has 144 valence electrons. The minimum absolute atomic E-state index is 0.0594. The molecule has 1 aliphatic carbocycles. The lowest BCUT2D eigenvalue weighted by Crippen LogP contribution is -2.51. The molecule has 1 saturated carbocycles. The van der Waals surface area contributed by atoms with Crippen molar-refractivity contribution in [3.63, 3.8) is 0 Å². The van der Waals surface area contributed by atoms with Gasteiger partial charge in [0.15, 0.2) is 0 Å². The van der Waals surface area contributed by atoms with Gasteiger partial charge in [-0.2, -0.15) is 0 Å². The summed E-state index contributed by atoms with van der Waals surface area (Å²) in [6.07, 6.45) is 7.19. The van der Waals surface area contributed by atoms with Crippen LogP contribution in [0.2, 0.25) is 0 Å². The molecule has 2 fully saturated rings. The number of aromatic nitrogens is 3. The van der Waals surface area contributed by atoms with Gasteiger partial charge in [-0.25, -0.2) is 0 Å². The Labute approximate surface area is 155 Å². The van der Waals surface area contributed by atoms with Crippen LogP contribution in [-0.4, -0.2) is 50.8 Å². The van der Waals surface area contributed by atoms with E-state index in [9.17, 15) is 9.59 Å². The molecule has 1 N–H and O–H groups in total. The molecule has 1 aliphatic heterocycles. The minimum atomic E-state index is -0.402. The van der Waals surface area contributed by atoms with E-state index in [0.29, 0.717) is 24.2 Å². The molecule has 1 saturated heterocycles. The van der Waals surface area contributed by atoms with Crippen molar-refractivity contribution in [3.05, 3.63) is 11.9 Å². The quantitative estimate of drug-likeness (QED) is 0.805. The smallest absolute Gasteiger partial charge is 0.245 e. The van der Waals surface area contributed by atoms with E-state index in [1.165, 1.54) is 19.8 Å². The summed E-state index contributed by atoms with van der Waals surface area (Å²) in [4.78, 5) is 26.2. The number of hydrogen-bond acceptors (Lipinski definition) is 4. The minimum Gasteiger partial charge on any atom is -0.345 e. The van der Waals surface area contributed by atoms with Crippen LogP contribution in [0.25, 0.3) is 0 Å². The summed E-state index contributed by atoms with van der Waals surface area (Å²) in [6.45, 7) is 8.00. The van der Waals surface area contributed by atoms with Gasteiger partial charge in [0.25, 0.3) is 0 Å².